The summed E-state index contributed by atoms with van der Waals surface area (Å²) in [7, 11) is -3.67. The predicted octanol–water partition coefficient (Wildman–Crippen LogP) is 3.65. The summed E-state index contributed by atoms with van der Waals surface area (Å²) in [6.07, 6.45) is 0. The van der Waals surface area contributed by atoms with Crippen LogP contribution in [0.15, 0.2) is 53.4 Å². The van der Waals surface area contributed by atoms with Gasteiger partial charge in [-0.3, -0.25) is 0 Å². The van der Waals surface area contributed by atoms with Crippen molar-refractivity contribution in [1.82, 2.24) is 3.82 Å². The van der Waals surface area contributed by atoms with E-state index in [2.05, 4.69) is 0 Å². The molecule has 2 rings (SSSR count). The van der Waals surface area contributed by atoms with Crippen molar-refractivity contribution in [1.29, 1.82) is 0 Å². The molecular formula is C15H16ClNO2S. The van der Waals surface area contributed by atoms with Crippen LogP contribution in [0.1, 0.15) is 16.7 Å². The molecule has 0 aliphatic heterocycles. The molecule has 0 spiro atoms. The Morgan fingerprint density at radius 2 is 1.60 bits per heavy atom. The van der Waals surface area contributed by atoms with Crippen LogP contribution in [-0.2, 0) is 16.6 Å². The first-order valence-electron chi connectivity index (χ1n) is 6.21. The molecule has 0 bridgehead atoms. The highest BCUT2D eigenvalue weighted by atomic mass is 35.5. The zero-order valence-electron chi connectivity index (χ0n) is 11.4. The van der Waals surface area contributed by atoms with E-state index >= 15 is 0 Å². The highest BCUT2D eigenvalue weighted by Gasteiger charge is 2.23. The second-order valence-electron chi connectivity index (χ2n) is 4.69. The maximum atomic E-state index is 12.4. The summed E-state index contributed by atoms with van der Waals surface area (Å²) < 4.78 is 25.6. The lowest BCUT2D eigenvalue weighted by molar-refractivity contribution is 0.534. The molecule has 0 aromatic heterocycles. The van der Waals surface area contributed by atoms with Gasteiger partial charge in [0.2, 0.25) is 0 Å². The first-order chi connectivity index (χ1) is 9.41. The van der Waals surface area contributed by atoms with Gasteiger partial charge in [0.05, 0.1) is 11.4 Å². The maximum Gasteiger partial charge on any atom is 0.256 e. The van der Waals surface area contributed by atoms with E-state index in [0.29, 0.717) is 0 Å². The third-order valence-corrected chi connectivity index (χ3v) is 5.32. The van der Waals surface area contributed by atoms with Gasteiger partial charge in [-0.05, 0) is 48.9 Å². The van der Waals surface area contributed by atoms with Crippen LogP contribution in [0.25, 0.3) is 0 Å². The van der Waals surface area contributed by atoms with E-state index in [9.17, 15) is 8.42 Å². The van der Waals surface area contributed by atoms with Crippen molar-refractivity contribution >= 4 is 21.8 Å². The van der Waals surface area contributed by atoms with Crippen LogP contribution in [0, 0.1) is 13.8 Å². The van der Waals surface area contributed by atoms with Gasteiger partial charge in [-0.1, -0.05) is 42.0 Å². The standard InChI is InChI=1S/C15H16ClNO2S/c1-12-7-9-15(10-8-12)20(18,19)17(16)11-14-6-4-3-5-13(14)2/h3-10H,11H2,1-2H3. The predicted molar refractivity (Wildman–Crippen MR) is 80.9 cm³/mol. The van der Waals surface area contributed by atoms with Gasteiger partial charge >= 0.3 is 0 Å². The highest BCUT2D eigenvalue weighted by molar-refractivity contribution is 7.90. The van der Waals surface area contributed by atoms with E-state index in [1.807, 2.05) is 38.1 Å². The maximum absolute atomic E-state index is 12.4. The van der Waals surface area contributed by atoms with Crippen LogP contribution in [0.3, 0.4) is 0 Å². The molecule has 2 aromatic rings. The van der Waals surface area contributed by atoms with E-state index in [1.54, 1.807) is 24.3 Å². The van der Waals surface area contributed by atoms with Gasteiger partial charge in [0, 0.05) is 0 Å². The fourth-order valence-electron chi connectivity index (χ4n) is 1.83. The highest BCUT2D eigenvalue weighted by Crippen LogP contribution is 2.21. The van der Waals surface area contributed by atoms with Crippen LogP contribution >= 0.6 is 11.8 Å². The van der Waals surface area contributed by atoms with E-state index in [1.165, 1.54) is 0 Å². The van der Waals surface area contributed by atoms with Crippen LogP contribution in [-0.4, -0.2) is 12.2 Å². The minimum absolute atomic E-state index is 0.143. The average Bonchev–Trinajstić information content (AvgIpc) is 2.41. The zero-order chi connectivity index (χ0) is 14.8. The van der Waals surface area contributed by atoms with Gasteiger partial charge in [0.1, 0.15) is 0 Å². The van der Waals surface area contributed by atoms with Gasteiger partial charge in [-0.25, -0.2) is 8.42 Å². The fraction of sp³-hybridized carbons (Fsp3) is 0.200. The lowest BCUT2D eigenvalue weighted by Crippen LogP contribution is -2.22. The van der Waals surface area contributed by atoms with Crippen LogP contribution in [0.2, 0.25) is 0 Å². The normalized spacial score (nSPS) is 11.8. The Bertz CT molecular complexity index is 696. The molecule has 0 saturated heterocycles. The molecule has 2 aromatic carbocycles. The summed E-state index contributed by atoms with van der Waals surface area (Å²) in [5.41, 5.74) is 2.90. The van der Waals surface area contributed by atoms with Crippen molar-refractivity contribution in [3.63, 3.8) is 0 Å². The molecule has 0 heterocycles. The first kappa shape index (κ1) is 15.0. The Morgan fingerprint density at radius 1 is 1.00 bits per heavy atom. The number of halogens is 1. The van der Waals surface area contributed by atoms with Crippen LogP contribution in [0.5, 0.6) is 0 Å². The molecule has 106 valence electrons. The first-order valence-corrected chi connectivity index (χ1v) is 7.99. The average molecular weight is 310 g/mol. The molecular weight excluding hydrogens is 294 g/mol. The summed E-state index contributed by atoms with van der Waals surface area (Å²) in [5.74, 6) is 0. The Balaban J connectivity index is 2.26. The zero-order valence-corrected chi connectivity index (χ0v) is 12.9. The molecule has 0 radical (unpaired) electrons. The topological polar surface area (TPSA) is 37.4 Å². The fourth-order valence-corrected chi connectivity index (χ4v) is 3.22. The minimum atomic E-state index is -3.67. The molecule has 0 aliphatic carbocycles. The summed E-state index contributed by atoms with van der Waals surface area (Å²) in [4.78, 5) is 0.201. The number of hydrogen-bond donors (Lipinski definition) is 0. The number of aryl methyl sites for hydroxylation is 2. The second kappa shape index (κ2) is 5.95. The quantitative estimate of drug-likeness (QED) is 0.808. The van der Waals surface area contributed by atoms with Gasteiger partial charge < -0.3 is 0 Å². The Labute approximate surface area is 125 Å². The number of nitrogens with zero attached hydrogens (tertiary/aromatic N) is 1. The number of rotatable bonds is 4. The molecule has 20 heavy (non-hydrogen) atoms. The molecule has 0 unspecified atom stereocenters. The molecule has 0 atom stereocenters. The van der Waals surface area contributed by atoms with Crippen LogP contribution in [0.4, 0.5) is 0 Å². The number of benzene rings is 2. The number of sulfonamides is 1. The van der Waals surface area contributed by atoms with Gasteiger partial charge in [-0.15, -0.1) is 3.82 Å². The molecule has 0 fully saturated rings. The Kier molecular flexibility index (Phi) is 4.48. The van der Waals surface area contributed by atoms with E-state index in [0.717, 1.165) is 20.5 Å². The number of hydrogen-bond acceptors (Lipinski definition) is 2. The minimum Gasteiger partial charge on any atom is -0.206 e. The lowest BCUT2D eigenvalue weighted by atomic mass is 10.1. The van der Waals surface area contributed by atoms with E-state index in [4.69, 9.17) is 11.8 Å². The van der Waals surface area contributed by atoms with Crippen molar-refractivity contribution < 1.29 is 8.42 Å². The van der Waals surface area contributed by atoms with Crippen molar-refractivity contribution in [3.8, 4) is 0 Å². The lowest BCUT2D eigenvalue weighted by Gasteiger charge is -2.15. The van der Waals surface area contributed by atoms with Crippen molar-refractivity contribution in [2.75, 3.05) is 0 Å². The molecule has 0 aliphatic rings. The summed E-state index contributed by atoms with van der Waals surface area (Å²) in [6.45, 7) is 3.98. The molecule has 0 amide bonds. The van der Waals surface area contributed by atoms with Crippen molar-refractivity contribution in [2.24, 2.45) is 0 Å². The van der Waals surface area contributed by atoms with Crippen molar-refractivity contribution in [3.05, 3.63) is 65.2 Å². The summed E-state index contributed by atoms with van der Waals surface area (Å²) in [5, 5.41) is 0. The van der Waals surface area contributed by atoms with Crippen molar-refractivity contribution in [2.45, 2.75) is 25.3 Å². The molecule has 5 heteroatoms. The summed E-state index contributed by atoms with van der Waals surface area (Å²) in [6, 6.07) is 14.2. The van der Waals surface area contributed by atoms with Gasteiger partial charge in [0.15, 0.2) is 0 Å². The molecule has 3 nitrogen and oxygen atoms in total. The third-order valence-electron chi connectivity index (χ3n) is 3.14. The molecule has 0 N–H and O–H groups in total. The third kappa shape index (κ3) is 3.20. The largest absolute Gasteiger partial charge is 0.256 e. The molecule has 0 saturated carbocycles. The van der Waals surface area contributed by atoms with Gasteiger partial charge in [-0.2, -0.15) is 0 Å². The monoisotopic (exact) mass is 309 g/mol. The Hall–Kier alpha value is -1.36. The smallest absolute Gasteiger partial charge is 0.206 e. The van der Waals surface area contributed by atoms with E-state index in [-0.39, 0.29) is 11.4 Å². The Morgan fingerprint density at radius 3 is 2.20 bits per heavy atom. The SMILES string of the molecule is Cc1ccc(S(=O)(=O)N(Cl)Cc2ccccc2C)cc1. The summed E-state index contributed by atoms with van der Waals surface area (Å²) >= 11 is 6.00. The van der Waals surface area contributed by atoms with E-state index < -0.39 is 10.0 Å². The van der Waals surface area contributed by atoms with Crippen LogP contribution < -0.4 is 0 Å². The second-order valence-corrected chi connectivity index (χ2v) is 7.16. The van der Waals surface area contributed by atoms with Gasteiger partial charge in [0.25, 0.3) is 10.0 Å².